The minimum absolute atomic E-state index is 0.00822. The van der Waals surface area contributed by atoms with E-state index >= 15 is 0 Å². The zero-order chi connectivity index (χ0) is 24.2. The number of fused-ring (bicyclic) bond motifs is 4. The maximum absolute atomic E-state index is 13.1. The number of esters is 1. The van der Waals surface area contributed by atoms with Crippen LogP contribution in [0.2, 0.25) is 0 Å². The Balaban J connectivity index is 1.72. The summed E-state index contributed by atoms with van der Waals surface area (Å²) in [4.78, 5) is 13.5. The summed E-state index contributed by atoms with van der Waals surface area (Å²) in [6.07, 6.45) is 6.20. The fourth-order valence-electron chi connectivity index (χ4n) is 5.78. The first kappa shape index (κ1) is 25.2. The second-order valence-electron chi connectivity index (χ2n) is 11.2. The Morgan fingerprint density at radius 2 is 1.91 bits per heavy atom. The van der Waals surface area contributed by atoms with E-state index in [1.807, 2.05) is 19.9 Å². The summed E-state index contributed by atoms with van der Waals surface area (Å²) < 4.78 is 11.8. The number of hydrogen-bond donors (Lipinski definition) is 1. The van der Waals surface area contributed by atoms with Crippen LogP contribution in [0.25, 0.3) is 0 Å². The van der Waals surface area contributed by atoms with E-state index in [2.05, 4.69) is 52.3 Å². The lowest BCUT2D eigenvalue weighted by Gasteiger charge is -2.47. The number of carbonyl (C=O) groups excluding carboxylic acids is 1. The quantitative estimate of drug-likeness (QED) is 0.166. The van der Waals surface area contributed by atoms with E-state index in [1.165, 1.54) is 5.57 Å². The number of halogens is 2. The van der Waals surface area contributed by atoms with Crippen LogP contribution in [0.15, 0.2) is 30.4 Å². The molecule has 0 amide bonds. The number of alkyl halides is 2. The number of phenolic OH excluding ortho intramolecular Hbond substituents is 1. The van der Waals surface area contributed by atoms with Crippen molar-refractivity contribution in [1.29, 1.82) is 0 Å². The highest BCUT2D eigenvalue weighted by atomic mass is 79.9. The van der Waals surface area contributed by atoms with Gasteiger partial charge in [-0.2, -0.15) is 0 Å². The molecule has 2 heterocycles. The van der Waals surface area contributed by atoms with Crippen molar-refractivity contribution in [3.8, 4) is 5.75 Å². The molecule has 1 saturated heterocycles. The van der Waals surface area contributed by atoms with Gasteiger partial charge in [-0.1, -0.05) is 50.9 Å². The van der Waals surface area contributed by atoms with E-state index in [-0.39, 0.29) is 45.2 Å². The van der Waals surface area contributed by atoms with Gasteiger partial charge in [0.1, 0.15) is 11.9 Å². The normalized spacial score (nSPS) is 37.8. The van der Waals surface area contributed by atoms with Gasteiger partial charge in [-0.05, 0) is 101 Å². The van der Waals surface area contributed by atoms with Gasteiger partial charge in [0, 0.05) is 4.83 Å². The maximum Gasteiger partial charge on any atom is 0.338 e. The Kier molecular flexibility index (Phi) is 6.87. The Morgan fingerprint density at radius 3 is 2.61 bits per heavy atom. The summed E-state index contributed by atoms with van der Waals surface area (Å²) in [5.41, 5.74) is 2.31. The summed E-state index contributed by atoms with van der Waals surface area (Å²) in [6, 6.07) is 5.08. The lowest BCUT2D eigenvalue weighted by atomic mass is 9.61. The minimum Gasteiger partial charge on any atom is -0.508 e. The average Bonchev–Trinajstić information content (AvgIpc) is 3.39. The third-order valence-corrected chi connectivity index (χ3v) is 10.4. The fourth-order valence-corrected chi connectivity index (χ4v) is 6.88. The van der Waals surface area contributed by atoms with E-state index in [0.717, 1.165) is 44.1 Å². The molecule has 0 aromatic heterocycles. The topological polar surface area (TPSA) is 59.1 Å². The molecule has 4 rings (SSSR count). The highest BCUT2D eigenvalue weighted by Gasteiger charge is 2.54. The molecule has 4 nitrogen and oxygen atoms in total. The molecule has 1 N–H and O–H groups in total. The Hall–Kier alpha value is -0.850. The van der Waals surface area contributed by atoms with Gasteiger partial charge in [-0.25, -0.2) is 4.79 Å². The van der Waals surface area contributed by atoms with Crippen molar-refractivity contribution in [1.82, 2.24) is 0 Å². The molecule has 1 saturated carbocycles. The number of aromatic hydroxyl groups is 1. The van der Waals surface area contributed by atoms with Crippen molar-refractivity contribution < 1.29 is 19.4 Å². The summed E-state index contributed by atoms with van der Waals surface area (Å²) in [7, 11) is 0. The van der Waals surface area contributed by atoms with Gasteiger partial charge in [-0.3, -0.25) is 0 Å². The van der Waals surface area contributed by atoms with E-state index in [9.17, 15) is 9.90 Å². The van der Waals surface area contributed by atoms with Gasteiger partial charge >= 0.3 is 5.97 Å². The predicted octanol–water partition coefficient (Wildman–Crippen LogP) is 7.10. The van der Waals surface area contributed by atoms with Gasteiger partial charge in [0.05, 0.1) is 21.6 Å². The molecule has 2 bridgehead atoms. The molecule has 1 aromatic rings. The third-order valence-electron chi connectivity index (χ3n) is 8.36. The summed E-state index contributed by atoms with van der Waals surface area (Å²) in [6.45, 7) is 13.0. The van der Waals surface area contributed by atoms with Crippen molar-refractivity contribution in [3.63, 3.8) is 0 Å². The Labute approximate surface area is 214 Å². The lowest BCUT2D eigenvalue weighted by molar-refractivity contribution is 0.0191. The largest absolute Gasteiger partial charge is 0.508 e. The first-order valence-corrected chi connectivity index (χ1v) is 13.8. The number of cyclic esters (lactones) is 1. The molecule has 1 aliphatic carbocycles. The van der Waals surface area contributed by atoms with E-state index in [1.54, 1.807) is 12.1 Å². The van der Waals surface area contributed by atoms with E-state index in [0.29, 0.717) is 16.8 Å². The van der Waals surface area contributed by atoms with Gasteiger partial charge in [0.2, 0.25) is 0 Å². The van der Waals surface area contributed by atoms with Crippen LogP contribution < -0.4 is 0 Å². The summed E-state index contributed by atoms with van der Waals surface area (Å²) in [5.74, 6) is 0.0704. The van der Waals surface area contributed by atoms with Crippen molar-refractivity contribution in [2.45, 2.75) is 99.6 Å². The Morgan fingerprint density at radius 1 is 1.18 bits per heavy atom. The zero-order valence-electron chi connectivity index (χ0n) is 20.1. The molecular formula is C27H36Br2O4. The monoisotopic (exact) mass is 582 g/mol. The average molecular weight is 584 g/mol. The molecule has 0 spiro atoms. The number of benzene rings is 1. The predicted molar refractivity (Wildman–Crippen MR) is 138 cm³/mol. The van der Waals surface area contributed by atoms with Crippen LogP contribution in [-0.4, -0.2) is 38.0 Å². The minimum atomic E-state index is -0.361. The van der Waals surface area contributed by atoms with Gasteiger partial charge < -0.3 is 14.6 Å². The van der Waals surface area contributed by atoms with Crippen LogP contribution in [0.3, 0.4) is 0 Å². The number of hydrogen-bond acceptors (Lipinski definition) is 4. The fraction of sp³-hybridized carbons (Fsp3) is 0.667. The molecule has 0 radical (unpaired) electrons. The molecule has 1 aromatic carbocycles. The summed E-state index contributed by atoms with van der Waals surface area (Å²) in [5, 5.41) is 10.7. The smallest absolute Gasteiger partial charge is 0.338 e. The van der Waals surface area contributed by atoms with Crippen LogP contribution in [0.1, 0.15) is 82.1 Å². The van der Waals surface area contributed by atoms with Gasteiger partial charge in [0.15, 0.2) is 0 Å². The number of carbonyl (C=O) groups is 1. The number of ether oxygens (including phenoxy) is 2. The molecule has 6 atom stereocenters. The van der Waals surface area contributed by atoms with Gasteiger partial charge in [0.25, 0.3) is 0 Å². The lowest BCUT2D eigenvalue weighted by Crippen LogP contribution is -2.42. The van der Waals surface area contributed by atoms with Crippen molar-refractivity contribution >= 4 is 37.8 Å². The first-order valence-electron chi connectivity index (χ1n) is 12.0. The molecule has 182 valence electrons. The van der Waals surface area contributed by atoms with Crippen molar-refractivity contribution in [3.05, 3.63) is 41.5 Å². The molecular weight excluding hydrogens is 548 g/mol. The maximum atomic E-state index is 13.1. The van der Waals surface area contributed by atoms with Crippen LogP contribution in [-0.2, 0) is 15.9 Å². The second kappa shape index (κ2) is 8.98. The van der Waals surface area contributed by atoms with Crippen LogP contribution >= 0.6 is 31.9 Å². The van der Waals surface area contributed by atoms with Crippen LogP contribution in [0.4, 0.5) is 0 Å². The summed E-state index contributed by atoms with van der Waals surface area (Å²) >= 11 is 7.71. The van der Waals surface area contributed by atoms with E-state index < -0.39 is 0 Å². The zero-order valence-corrected chi connectivity index (χ0v) is 23.3. The number of allylic oxidation sites excluding steroid dienone is 1. The molecule has 33 heavy (non-hydrogen) atoms. The third kappa shape index (κ3) is 5.08. The van der Waals surface area contributed by atoms with E-state index in [4.69, 9.17) is 9.47 Å². The molecule has 3 aliphatic rings. The second-order valence-corrected chi connectivity index (χ2v) is 14.4. The number of rotatable bonds is 1. The highest BCUT2D eigenvalue weighted by molar-refractivity contribution is 9.10. The van der Waals surface area contributed by atoms with Gasteiger partial charge in [-0.15, -0.1) is 0 Å². The molecule has 6 heteroatoms. The Bertz CT molecular complexity index is 939. The van der Waals surface area contributed by atoms with Crippen LogP contribution in [0, 0.1) is 11.3 Å². The van der Waals surface area contributed by atoms with Crippen molar-refractivity contribution in [2.75, 3.05) is 0 Å². The molecule has 2 aliphatic heterocycles. The number of phenols is 1. The number of epoxide rings is 1. The van der Waals surface area contributed by atoms with Crippen LogP contribution in [0.5, 0.6) is 5.75 Å². The first-order chi connectivity index (χ1) is 15.3. The molecule has 0 unspecified atom stereocenters. The SMILES string of the molecule is C=C1CC[C@@H](Br)[C@@]2(C)CC[C@@H]3O[C@@]3(C)CC[C@@H](C(C)(C)Br)OC(=O)c3ccc(O)c(c3)C[C@@H]12. The van der Waals surface area contributed by atoms with Crippen molar-refractivity contribution in [2.24, 2.45) is 11.3 Å². The molecule has 2 fully saturated rings. The standard InChI is InChI=1S/C27H36Br2O4/c1-16-6-9-21(28)26(4)12-10-23-27(5,33-23)13-11-22(25(2,3)29)32-24(31)17-7-8-20(30)18(14-17)15-19(16)26/h7-8,14,19,21-23,30H,1,6,9-13,15H2,2-5H3/t19-,21+,22-,23-,26-,27-/m0/s1. The highest BCUT2D eigenvalue weighted by Crippen LogP contribution is 2.54.